The van der Waals surface area contributed by atoms with E-state index in [9.17, 15) is 0 Å². The van der Waals surface area contributed by atoms with Gasteiger partial charge in [0, 0.05) is 29.1 Å². The second-order valence-corrected chi connectivity index (χ2v) is 7.43. The van der Waals surface area contributed by atoms with E-state index >= 15 is 0 Å². The fourth-order valence-electron chi connectivity index (χ4n) is 2.65. The zero-order valence-corrected chi connectivity index (χ0v) is 13.0. The third kappa shape index (κ3) is 2.63. The van der Waals surface area contributed by atoms with Crippen molar-refractivity contribution in [2.45, 2.75) is 31.1 Å². The summed E-state index contributed by atoms with van der Waals surface area (Å²) in [5.41, 5.74) is 1.20. The van der Waals surface area contributed by atoms with Crippen molar-refractivity contribution in [1.82, 2.24) is 14.3 Å². The number of fused-ring (bicyclic) bond motifs is 1. The Morgan fingerprint density at radius 2 is 2.28 bits per heavy atom. The van der Waals surface area contributed by atoms with Crippen molar-refractivity contribution in [2.75, 3.05) is 13.1 Å². The van der Waals surface area contributed by atoms with E-state index in [0.29, 0.717) is 4.83 Å². The molecule has 3 heterocycles. The molecule has 0 N–H and O–H groups in total. The van der Waals surface area contributed by atoms with Crippen molar-refractivity contribution < 1.29 is 0 Å². The van der Waals surface area contributed by atoms with Gasteiger partial charge in [0.25, 0.3) is 0 Å². The van der Waals surface area contributed by atoms with Gasteiger partial charge in [-0.15, -0.1) is 11.3 Å². The predicted molar refractivity (Wildman–Crippen MR) is 79.5 cm³/mol. The number of piperidine rings is 1. The maximum absolute atomic E-state index is 4.65. The van der Waals surface area contributed by atoms with E-state index in [2.05, 4.69) is 54.9 Å². The van der Waals surface area contributed by atoms with Gasteiger partial charge in [-0.05, 0) is 31.8 Å². The lowest BCUT2D eigenvalue weighted by atomic mass is 9.94. The Morgan fingerprint density at radius 3 is 2.94 bits per heavy atom. The highest BCUT2D eigenvalue weighted by atomic mass is 79.9. The van der Waals surface area contributed by atoms with Crippen LogP contribution < -0.4 is 0 Å². The summed E-state index contributed by atoms with van der Waals surface area (Å²) in [7, 11) is 0. The monoisotopic (exact) mass is 327 g/mol. The fraction of sp³-hybridized carbons (Fsp3) is 0.615. The number of thiazole rings is 1. The second kappa shape index (κ2) is 5.31. The number of aromatic nitrogens is 2. The Kier molecular flexibility index (Phi) is 3.73. The van der Waals surface area contributed by atoms with Gasteiger partial charge >= 0.3 is 0 Å². The predicted octanol–water partition coefficient (Wildman–Crippen LogP) is 3.39. The highest BCUT2D eigenvalue weighted by molar-refractivity contribution is 9.09. The van der Waals surface area contributed by atoms with Crippen LogP contribution in [-0.4, -0.2) is 32.2 Å². The van der Waals surface area contributed by atoms with E-state index in [1.807, 2.05) is 0 Å². The Morgan fingerprint density at radius 1 is 1.50 bits per heavy atom. The zero-order chi connectivity index (χ0) is 12.5. The molecule has 2 aromatic heterocycles. The van der Waals surface area contributed by atoms with Gasteiger partial charge in [0.1, 0.15) is 0 Å². The summed E-state index contributed by atoms with van der Waals surface area (Å²) in [5, 5.41) is 2.08. The lowest BCUT2D eigenvalue weighted by Crippen LogP contribution is -2.35. The fourth-order valence-corrected chi connectivity index (χ4v) is 3.90. The molecule has 1 fully saturated rings. The van der Waals surface area contributed by atoms with Gasteiger partial charge in [-0.2, -0.15) is 0 Å². The Balaban J connectivity index is 1.59. The molecule has 1 atom stereocenters. The number of halogens is 1. The lowest BCUT2D eigenvalue weighted by Gasteiger charge is -2.32. The van der Waals surface area contributed by atoms with Gasteiger partial charge in [-0.1, -0.05) is 22.9 Å². The van der Waals surface area contributed by atoms with E-state index in [1.54, 1.807) is 11.3 Å². The SMILES string of the molecule is CC(Br)C1CCN(Cc2cn3ccsc3n2)CC1. The largest absolute Gasteiger partial charge is 0.297 e. The van der Waals surface area contributed by atoms with E-state index in [0.717, 1.165) is 17.4 Å². The molecule has 0 bridgehead atoms. The van der Waals surface area contributed by atoms with Crippen molar-refractivity contribution in [2.24, 2.45) is 5.92 Å². The molecule has 1 unspecified atom stereocenters. The number of hydrogen-bond donors (Lipinski definition) is 0. The molecule has 0 spiro atoms. The molecule has 3 nitrogen and oxygen atoms in total. The molecule has 5 heteroatoms. The van der Waals surface area contributed by atoms with Crippen LogP contribution in [0.1, 0.15) is 25.5 Å². The van der Waals surface area contributed by atoms with Gasteiger partial charge in [0.05, 0.1) is 5.69 Å². The third-order valence-electron chi connectivity index (χ3n) is 3.81. The average Bonchev–Trinajstić information content (AvgIpc) is 2.90. The summed E-state index contributed by atoms with van der Waals surface area (Å²) in [5.74, 6) is 0.840. The molecule has 0 amide bonds. The first-order chi connectivity index (χ1) is 8.72. The zero-order valence-electron chi connectivity index (χ0n) is 10.6. The van der Waals surface area contributed by atoms with Crippen LogP contribution in [0, 0.1) is 5.92 Å². The first-order valence-electron chi connectivity index (χ1n) is 6.50. The number of nitrogens with zero attached hydrogens (tertiary/aromatic N) is 3. The van der Waals surface area contributed by atoms with Crippen LogP contribution in [0.5, 0.6) is 0 Å². The minimum atomic E-state index is 0.651. The molecule has 1 aliphatic heterocycles. The van der Waals surface area contributed by atoms with Crippen LogP contribution in [0.4, 0.5) is 0 Å². The minimum Gasteiger partial charge on any atom is -0.297 e. The average molecular weight is 328 g/mol. The first kappa shape index (κ1) is 12.6. The van der Waals surface area contributed by atoms with Crippen molar-refractivity contribution in [1.29, 1.82) is 0 Å². The summed E-state index contributed by atoms with van der Waals surface area (Å²) in [6, 6.07) is 0. The van der Waals surface area contributed by atoms with Gasteiger partial charge in [-0.25, -0.2) is 4.98 Å². The van der Waals surface area contributed by atoms with Crippen molar-refractivity contribution in [3.05, 3.63) is 23.5 Å². The number of hydrogen-bond acceptors (Lipinski definition) is 3. The van der Waals surface area contributed by atoms with E-state index < -0.39 is 0 Å². The van der Waals surface area contributed by atoms with Crippen LogP contribution in [0.15, 0.2) is 17.8 Å². The maximum Gasteiger partial charge on any atom is 0.193 e. The van der Waals surface area contributed by atoms with Crippen molar-refractivity contribution in [3.63, 3.8) is 0 Å². The maximum atomic E-state index is 4.65. The summed E-state index contributed by atoms with van der Waals surface area (Å²) in [6.07, 6.45) is 6.84. The number of alkyl halides is 1. The Labute approximate surface area is 120 Å². The summed E-state index contributed by atoms with van der Waals surface area (Å²) >= 11 is 5.41. The minimum absolute atomic E-state index is 0.651. The van der Waals surface area contributed by atoms with E-state index in [1.165, 1.54) is 31.6 Å². The third-order valence-corrected chi connectivity index (χ3v) is 5.33. The molecule has 0 radical (unpaired) electrons. The highest BCUT2D eigenvalue weighted by Crippen LogP contribution is 2.25. The molecule has 1 saturated heterocycles. The molecule has 3 rings (SSSR count). The van der Waals surface area contributed by atoms with Crippen LogP contribution in [0.3, 0.4) is 0 Å². The molecular formula is C13H18BrN3S. The quantitative estimate of drug-likeness (QED) is 0.805. The van der Waals surface area contributed by atoms with Crippen LogP contribution in [-0.2, 0) is 6.54 Å². The molecule has 98 valence electrons. The van der Waals surface area contributed by atoms with Gasteiger partial charge in [0.15, 0.2) is 4.96 Å². The van der Waals surface area contributed by atoms with Crippen LogP contribution in [0.25, 0.3) is 4.96 Å². The van der Waals surface area contributed by atoms with Gasteiger partial charge in [0.2, 0.25) is 0 Å². The normalized spacial score (nSPS) is 20.6. The summed E-state index contributed by atoms with van der Waals surface area (Å²) in [4.78, 5) is 8.93. The number of imidazole rings is 1. The topological polar surface area (TPSA) is 20.5 Å². The molecule has 0 aromatic carbocycles. The second-order valence-electron chi connectivity index (χ2n) is 5.12. The molecular weight excluding hydrogens is 310 g/mol. The van der Waals surface area contributed by atoms with Crippen LogP contribution >= 0.6 is 27.3 Å². The lowest BCUT2D eigenvalue weighted by molar-refractivity contribution is 0.177. The molecule has 0 aliphatic carbocycles. The molecule has 0 saturated carbocycles. The number of rotatable bonds is 3. The standard InChI is InChI=1S/C13H18BrN3S/c1-10(14)11-2-4-16(5-3-11)8-12-9-17-6-7-18-13(17)15-12/h6-7,9-11H,2-5,8H2,1H3. The Bertz CT molecular complexity index is 483. The van der Waals surface area contributed by atoms with Crippen molar-refractivity contribution in [3.8, 4) is 0 Å². The summed E-state index contributed by atoms with van der Waals surface area (Å²) in [6.45, 7) is 5.67. The van der Waals surface area contributed by atoms with Crippen molar-refractivity contribution >= 4 is 32.2 Å². The molecule has 1 aliphatic rings. The smallest absolute Gasteiger partial charge is 0.193 e. The highest BCUT2D eigenvalue weighted by Gasteiger charge is 2.22. The molecule has 2 aromatic rings. The van der Waals surface area contributed by atoms with Gasteiger partial charge < -0.3 is 0 Å². The van der Waals surface area contributed by atoms with Gasteiger partial charge in [-0.3, -0.25) is 9.30 Å². The first-order valence-corrected chi connectivity index (χ1v) is 8.29. The summed E-state index contributed by atoms with van der Waals surface area (Å²) < 4.78 is 2.12. The van der Waals surface area contributed by atoms with Crippen LogP contribution in [0.2, 0.25) is 0 Å². The Hall–Kier alpha value is -0.390. The van der Waals surface area contributed by atoms with E-state index in [4.69, 9.17) is 0 Å². The molecule has 18 heavy (non-hydrogen) atoms. The van der Waals surface area contributed by atoms with E-state index in [-0.39, 0.29) is 0 Å². The number of likely N-dealkylation sites (tertiary alicyclic amines) is 1.